The third kappa shape index (κ3) is 5.45. The van der Waals surface area contributed by atoms with E-state index in [4.69, 9.17) is 9.78 Å². The van der Waals surface area contributed by atoms with Gasteiger partial charge in [0.15, 0.2) is 0 Å². The monoisotopic (exact) mass is 431 g/mol. The molecule has 0 radical (unpaired) electrons. The van der Waals surface area contributed by atoms with Crippen LogP contribution in [0, 0.1) is 17.1 Å². The second-order valence-electron chi connectivity index (χ2n) is 7.62. The number of halogens is 1. The molecule has 2 N–H and O–H groups in total. The number of rotatable bonds is 7. The molecule has 0 aliphatic carbocycles. The van der Waals surface area contributed by atoms with Crippen LogP contribution < -0.4 is 10.6 Å². The zero-order valence-corrected chi connectivity index (χ0v) is 17.3. The SMILES string of the molecule is N#Cc1ccc(-c2nc(C(=O)NCCC3=CCNC(Cc4ccc(F)cc4)C3)no2)cc1. The molecule has 1 aromatic heterocycles. The van der Waals surface area contributed by atoms with Crippen molar-refractivity contribution >= 4 is 5.91 Å². The molecule has 1 aliphatic rings. The van der Waals surface area contributed by atoms with E-state index in [-0.39, 0.29) is 23.6 Å². The Bertz CT molecular complexity index is 1150. The normalized spacial score (nSPS) is 15.6. The van der Waals surface area contributed by atoms with Gasteiger partial charge in [0.25, 0.3) is 17.6 Å². The van der Waals surface area contributed by atoms with Crippen LogP contribution in [0.4, 0.5) is 4.39 Å². The van der Waals surface area contributed by atoms with E-state index in [0.29, 0.717) is 17.7 Å². The van der Waals surface area contributed by atoms with Gasteiger partial charge in [-0.05, 0) is 61.2 Å². The predicted molar refractivity (Wildman–Crippen MR) is 116 cm³/mol. The van der Waals surface area contributed by atoms with Crippen molar-refractivity contribution in [3.8, 4) is 17.5 Å². The fourth-order valence-electron chi connectivity index (χ4n) is 3.63. The first-order valence-corrected chi connectivity index (χ1v) is 10.4. The van der Waals surface area contributed by atoms with E-state index in [2.05, 4.69) is 26.9 Å². The molecule has 8 heteroatoms. The van der Waals surface area contributed by atoms with Crippen LogP contribution in [0.2, 0.25) is 0 Å². The summed E-state index contributed by atoms with van der Waals surface area (Å²) in [7, 11) is 0. The molecule has 2 heterocycles. The molecule has 1 unspecified atom stereocenters. The number of nitrogens with one attached hydrogen (secondary N) is 2. The van der Waals surface area contributed by atoms with Crippen LogP contribution >= 0.6 is 0 Å². The Kier molecular flexibility index (Phi) is 6.68. The summed E-state index contributed by atoms with van der Waals surface area (Å²) < 4.78 is 18.3. The Hall–Kier alpha value is -3.83. The first kappa shape index (κ1) is 21.4. The van der Waals surface area contributed by atoms with Crippen molar-refractivity contribution < 1.29 is 13.7 Å². The maximum absolute atomic E-state index is 13.1. The second kappa shape index (κ2) is 9.98. The van der Waals surface area contributed by atoms with Gasteiger partial charge in [-0.1, -0.05) is 28.9 Å². The van der Waals surface area contributed by atoms with Crippen molar-refractivity contribution in [2.75, 3.05) is 13.1 Å². The number of hydrogen-bond donors (Lipinski definition) is 2. The van der Waals surface area contributed by atoms with Crippen molar-refractivity contribution in [2.45, 2.75) is 25.3 Å². The molecule has 0 fully saturated rings. The number of amides is 1. The number of nitrogens with zero attached hydrogens (tertiary/aromatic N) is 3. The summed E-state index contributed by atoms with van der Waals surface area (Å²) in [5.74, 6) is -0.430. The van der Waals surface area contributed by atoms with Crippen LogP contribution in [0.3, 0.4) is 0 Å². The van der Waals surface area contributed by atoms with Gasteiger partial charge in [0.05, 0.1) is 11.6 Å². The van der Waals surface area contributed by atoms with Crippen LogP contribution in [0.25, 0.3) is 11.5 Å². The maximum atomic E-state index is 13.1. The summed E-state index contributed by atoms with van der Waals surface area (Å²) in [5, 5.41) is 18.9. The van der Waals surface area contributed by atoms with Gasteiger partial charge in [-0.15, -0.1) is 0 Å². The summed E-state index contributed by atoms with van der Waals surface area (Å²) in [6.07, 6.45) is 4.57. The Balaban J connectivity index is 1.25. The number of aromatic nitrogens is 2. The highest BCUT2D eigenvalue weighted by atomic mass is 19.1. The van der Waals surface area contributed by atoms with E-state index in [9.17, 15) is 9.18 Å². The van der Waals surface area contributed by atoms with Crippen molar-refractivity contribution in [3.05, 3.63) is 82.9 Å². The molecule has 2 aromatic carbocycles. The minimum atomic E-state index is -0.397. The molecule has 3 aromatic rings. The lowest BCUT2D eigenvalue weighted by molar-refractivity contribution is 0.0940. The van der Waals surface area contributed by atoms with Gasteiger partial charge in [-0.2, -0.15) is 10.2 Å². The smallest absolute Gasteiger partial charge is 0.292 e. The topological polar surface area (TPSA) is 104 Å². The first-order chi connectivity index (χ1) is 15.6. The number of hydrogen-bond acceptors (Lipinski definition) is 6. The Labute approximate surface area is 185 Å². The minimum absolute atomic E-state index is 0.0298. The Morgan fingerprint density at radius 1 is 1.22 bits per heavy atom. The number of carbonyl (C=O) groups excluding carboxylic acids is 1. The van der Waals surface area contributed by atoms with Crippen LogP contribution in [-0.4, -0.2) is 35.2 Å². The van der Waals surface area contributed by atoms with Gasteiger partial charge in [-0.3, -0.25) is 4.79 Å². The van der Waals surface area contributed by atoms with E-state index < -0.39 is 5.91 Å². The third-order valence-electron chi connectivity index (χ3n) is 5.32. The lowest BCUT2D eigenvalue weighted by atomic mass is 9.94. The molecule has 0 bridgehead atoms. The standard InChI is InChI=1S/C24H22FN5O2/c25-20-7-3-16(4-8-20)13-21-14-17(9-11-27-21)10-12-28-23(31)22-29-24(32-30-22)19-5-1-18(15-26)2-6-19/h1-9,21,27H,10-14H2,(H,28,31). The highest BCUT2D eigenvalue weighted by Crippen LogP contribution is 2.19. The molecule has 0 saturated heterocycles. The predicted octanol–water partition coefficient (Wildman–Crippen LogP) is 3.40. The zero-order chi connectivity index (χ0) is 22.3. The average Bonchev–Trinajstić information content (AvgIpc) is 3.31. The quantitative estimate of drug-likeness (QED) is 0.556. The van der Waals surface area contributed by atoms with Crippen LogP contribution in [0.15, 0.2) is 64.7 Å². The maximum Gasteiger partial charge on any atom is 0.292 e. The first-order valence-electron chi connectivity index (χ1n) is 10.4. The van der Waals surface area contributed by atoms with Gasteiger partial charge in [0.1, 0.15) is 5.82 Å². The highest BCUT2D eigenvalue weighted by Gasteiger charge is 2.18. The van der Waals surface area contributed by atoms with Gasteiger partial charge < -0.3 is 15.2 Å². The Morgan fingerprint density at radius 2 is 2.00 bits per heavy atom. The summed E-state index contributed by atoms with van der Waals surface area (Å²) in [5.41, 5.74) is 3.53. The minimum Gasteiger partial charge on any atom is -0.349 e. The molecule has 1 amide bonds. The van der Waals surface area contributed by atoms with Crippen LogP contribution in [0.5, 0.6) is 0 Å². The summed E-state index contributed by atoms with van der Waals surface area (Å²) >= 11 is 0. The van der Waals surface area contributed by atoms with Gasteiger partial charge in [0.2, 0.25) is 0 Å². The Morgan fingerprint density at radius 3 is 2.75 bits per heavy atom. The van der Waals surface area contributed by atoms with E-state index in [0.717, 1.165) is 31.4 Å². The van der Waals surface area contributed by atoms with Gasteiger partial charge in [-0.25, -0.2) is 4.39 Å². The van der Waals surface area contributed by atoms with Crippen LogP contribution in [0.1, 0.15) is 34.6 Å². The molecule has 162 valence electrons. The number of benzene rings is 2. The van der Waals surface area contributed by atoms with Crippen molar-refractivity contribution in [3.63, 3.8) is 0 Å². The summed E-state index contributed by atoms with van der Waals surface area (Å²) in [6.45, 7) is 1.24. The fraction of sp³-hybridized carbons (Fsp3) is 0.250. The molecular formula is C24H22FN5O2. The zero-order valence-electron chi connectivity index (χ0n) is 17.3. The summed E-state index contributed by atoms with van der Waals surface area (Å²) in [6, 6.07) is 15.6. The summed E-state index contributed by atoms with van der Waals surface area (Å²) in [4.78, 5) is 16.5. The molecule has 1 aliphatic heterocycles. The van der Waals surface area contributed by atoms with E-state index in [1.807, 2.05) is 18.2 Å². The van der Waals surface area contributed by atoms with Crippen molar-refractivity contribution in [2.24, 2.45) is 0 Å². The number of nitriles is 1. The van der Waals surface area contributed by atoms with Gasteiger partial charge in [0, 0.05) is 24.7 Å². The molecule has 32 heavy (non-hydrogen) atoms. The van der Waals surface area contributed by atoms with Crippen molar-refractivity contribution in [1.82, 2.24) is 20.8 Å². The molecule has 0 saturated carbocycles. The third-order valence-corrected chi connectivity index (χ3v) is 5.32. The molecule has 4 rings (SSSR count). The average molecular weight is 431 g/mol. The molecule has 1 atom stereocenters. The van der Waals surface area contributed by atoms with E-state index >= 15 is 0 Å². The van der Waals surface area contributed by atoms with Crippen molar-refractivity contribution in [1.29, 1.82) is 5.26 Å². The van der Waals surface area contributed by atoms with E-state index in [1.165, 1.54) is 17.7 Å². The van der Waals surface area contributed by atoms with E-state index in [1.54, 1.807) is 24.3 Å². The fourth-order valence-corrected chi connectivity index (χ4v) is 3.63. The van der Waals surface area contributed by atoms with Gasteiger partial charge >= 0.3 is 0 Å². The number of carbonyl (C=O) groups is 1. The lowest BCUT2D eigenvalue weighted by Crippen LogP contribution is -2.35. The van der Waals surface area contributed by atoms with Crippen LogP contribution in [-0.2, 0) is 6.42 Å². The molecule has 0 spiro atoms. The lowest BCUT2D eigenvalue weighted by Gasteiger charge is -2.24. The molecular weight excluding hydrogens is 409 g/mol. The second-order valence-corrected chi connectivity index (χ2v) is 7.62. The highest BCUT2D eigenvalue weighted by molar-refractivity contribution is 5.90. The molecule has 7 nitrogen and oxygen atoms in total. The largest absolute Gasteiger partial charge is 0.349 e.